The van der Waals surface area contributed by atoms with Gasteiger partial charge in [0.15, 0.2) is 11.6 Å². The van der Waals surface area contributed by atoms with E-state index in [0.29, 0.717) is 17.7 Å². The highest BCUT2D eigenvalue weighted by molar-refractivity contribution is 5.33. The van der Waals surface area contributed by atoms with Crippen LogP contribution in [0.25, 0.3) is 0 Å². The van der Waals surface area contributed by atoms with E-state index in [1.807, 2.05) is 19.1 Å². The highest BCUT2D eigenvalue weighted by Gasteiger charge is 2.09. The fraction of sp³-hybridized carbons (Fsp3) is 0.529. The van der Waals surface area contributed by atoms with Crippen molar-refractivity contribution < 1.29 is 9.13 Å². The van der Waals surface area contributed by atoms with Crippen LogP contribution in [0.3, 0.4) is 0 Å². The van der Waals surface area contributed by atoms with Gasteiger partial charge in [-0.3, -0.25) is 0 Å². The third-order valence-corrected chi connectivity index (χ3v) is 3.02. The standard InChI is InChI=1S/C17H26FNO/c1-13(8-7-11-19-17(2,3)4)12-14-9-6-10-15(20-5)16(14)18/h6,8-10,19H,7,11-12H2,1-5H3/b13-8+. The molecule has 0 fully saturated rings. The largest absolute Gasteiger partial charge is 0.494 e. The molecule has 0 heterocycles. The summed E-state index contributed by atoms with van der Waals surface area (Å²) in [7, 11) is 1.49. The molecule has 0 bridgehead atoms. The van der Waals surface area contributed by atoms with Crippen LogP contribution in [-0.4, -0.2) is 19.2 Å². The highest BCUT2D eigenvalue weighted by Crippen LogP contribution is 2.22. The van der Waals surface area contributed by atoms with Crippen molar-refractivity contribution in [2.24, 2.45) is 0 Å². The summed E-state index contributed by atoms with van der Waals surface area (Å²) in [6, 6.07) is 5.28. The molecule has 0 saturated carbocycles. The maximum Gasteiger partial charge on any atom is 0.168 e. The molecule has 1 rings (SSSR count). The van der Waals surface area contributed by atoms with E-state index in [4.69, 9.17) is 4.74 Å². The smallest absolute Gasteiger partial charge is 0.168 e. The molecule has 0 saturated heterocycles. The van der Waals surface area contributed by atoms with Crippen LogP contribution in [0, 0.1) is 5.82 Å². The lowest BCUT2D eigenvalue weighted by atomic mass is 10.0. The molecular formula is C17H26FNO. The molecule has 0 aliphatic rings. The number of methoxy groups -OCH3 is 1. The Labute approximate surface area is 122 Å². The Hall–Kier alpha value is -1.35. The van der Waals surface area contributed by atoms with E-state index in [1.54, 1.807) is 6.07 Å². The minimum absolute atomic E-state index is 0.140. The zero-order valence-electron chi connectivity index (χ0n) is 13.2. The number of ether oxygens (including phenoxy) is 1. The van der Waals surface area contributed by atoms with Gasteiger partial charge in [0.25, 0.3) is 0 Å². The Morgan fingerprint density at radius 2 is 2.05 bits per heavy atom. The van der Waals surface area contributed by atoms with E-state index in [9.17, 15) is 4.39 Å². The molecule has 0 amide bonds. The van der Waals surface area contributed by atoms with Crippen molar-refractivity contribution in [1.82, 2.24) is 5.32 Å². The monoisotopic (exact) mass is 279 g/mol. The first-order valence-corrected chi connectivity index (χ1v) is 7.05. The molecule has 1 N–H and O–H groups in total. The van der Waals surface area contributed by atoms with Gasteiger partial charge in [-0.2, -0.15) is 0 Å². The van der Waals surface area contributed by atoms with Crippen molar-refractivity contribution >= 4 is 0 Å². The van der Waals surface area contributed by atoms with Crippen LogP contribution in [0.2, 0.25) is 0 Å². The topological polar surface area (TPSA) is 21.3 Å². The van der Waals surface area contributed by atoms with Gasteiger partial charge in [0, 0.05) is 5.54 Å². The normalized spacial score (nSPS) is 12.6. The third-order valence-electron chi connectivity index (χ3n) is 3.02. The fourth-order valence-corrected chi connectivity index (χ4v) is 1.99. The number of benzene rings is 1. The molecule has 3 heteroatoms. The van der Waals surface area contributed by atoms with E-state index in [0.717, 1.165) is 13.0 Å². The molecule has 1 aromatic rings. The Bertz CT molecular complexity index is 461. The van der Waals surface area contributed by atoms with E-state index in [2.05, 4.69) is 32.2 Å². The Balaban J connectivity index is 2.55. The van der Waals surface area contributed by atoms with Crippen molar-refractivity contribution in [3.63, 3.8) is 0 Å². The predicted molar refractivity (Wildman–Crippen MR) is 82.8 cm³/mol. The van der Waals surface area contributed by atoms with Gasteiger partial charge in [0.05, 0.1) is 7.11 Å². The molecule has 20 heavy (non-hydrogen) atoms. The second kappa shape index (κ2) is 7.44. The van der Waals surface area contributed by atoms with Crippen LogP contribution >= 0.6 is 0 Å². The van der Waals surface area contributed by atoms with E-state index in [1.165, 1.54) is 12.7 Å². The second-order valence-corrected chi connectivity index (χ2v) is 6.13. The SMILES string of the molecule is COc1cccc(C/C(C)=C/CCNC(C)(C)C)c1F. The van der Waals surface area contributed by atoms with Crippen LogP contribution in [0.15, 0.2) is 29.8 Å². The minimum Gasteiger partial charge on any atom is -0.494 e. The van der Waals surface area contributed by atoms with Gasteiger partial charge in [-0.15, -0.1) is 0 Å². The Morgan fingerprint density at radius 3 is 2.65 bits per heavy atom. The number of hydrogen-bond donors (Lipinski definition) is 1. The first kappa shape index (κ1) is 16.7. The van der Waals surface area contributed by atoms with E-state index in [-0.39, 0.29) is 11.4 Å². The second-order valence-electron chi connectivity index (χ2n) is 6.13. The van der Waals surface area contributed by atoms with Crippen LogP contribution < -0.4 is 10.1 Å². The summed E-state index contributed by atoms with van der Waals surface area (Å²) in [6.07, 6.45) is 3.74. The first-order valence-electron chi connectivity index (χ1n) is 7.05. The van der Waals surface area contributed by atoms with Gasteiger partial charge >= 0.3 is 0 Å². The molecule has 0 aliphatic heterocycles. The molecule has 0 unspecified atom stereocenters. The third kappa shape index (κ3) is 5.74. The number of hydrogen-bond acceptors (Lipinski definition) is 2. The summed E-state index contributed by atoms with van der Waals surface area (Å²) in [4.78, 5) is 0. The zero-order chi connectivity index (χ0) is 15.2. The van der Waals surface area contributed by atoms with Gasteiger partial charge in [0.1, 0.15) is 0 Å². The molecule has 1 aromatic carbocycles. The van der Waals surface area contributed by atoms with Gasteiger partial charge in [-0.1, -0.05) is 23.8 Å². The molecule has 0 spiro atoms. The van der Waals surface area contributed by atoms with Crippen molar-refractivity contribution in [2.45, 2.75) is 46.1 Å². The van der Waals surface area contributed by atoms with Crippen LogP contribution in [-0.2, 0) is 6.42 Å². The quantitative estimate of drug-likeness (QED) is 0.625. The van der Waals surface area contributed by atoms with E-state index < -0.39 is 0 Å². The molecule has 0 atom stereocenters. The van der Waals surface area contributed by atoms with Crippen molar-refractivity contribution in [2.75, 3.05) is 13.7 Å². The van der Waals surface area contributed by atoms with Crippen molar-refractivity contribution in [3.8, 4) is 5.75 Å². The van der Waals surface area contributed by atoms with Gasteiger partial charge in [0.2, 0.25) is 0 Å². The highest BCUT2D eigenvalue weighted by atomic mass is 19.1. The molecule has 0 radical (unpaired) electrons. The lowest BCUT2D eigenvalue weighted by Crippen LogP contribution is -2.36. The Morgan fingerprint density at radius 1 is 1.35 bits per heavy atom. The number of nitrogens with one attached hydrogen (secondary N) is 1. The Kier molecular flexibility index (Phi) is 6.21. The van der Waals surface area contributed by atoms with Crippen LogP contribution in [0.4, 0.5) is 4.39 Å². The molecule has 0 aliphatic carbocycles. The minimum atomic E-state index is -0.254. The summed E-state index contributed by atoms with van der Waals surface area (Å²) in [5.74, 6) is 0.0558. The summed E-state index contributed by atoms with van der Waals surface area (Å²) >= 11 is 0. The first-order chi connectivity index (χ1) is 9.33. The summed E-state index contributed by atoms with van der Waals surface area (Å²) in [5.41, 5.74) is 2.00. The van der Waals surface area contributed by atoms with Crippen molar-refractivity contribution in [1.29, 1.82) is 0 Å². The predicted octanol–water partition coefficient (Wildman–Crippen LogP) is 4.10. The summed E-state index contributed by atoms with van der Waals surface area (Å²) in [5, 5.41) is 3.43. The van der Waals surface area contributed by atoms with Crippen LogP contribution in [0.1, 0.15) is 39.7 Å². The molecule has 112 valence electrons. The number of allylic oxidation sites excluding steroid dienone is 1. The average Bonchev–Trinajstić information content (AvgIpc) is 2.36. The van der Waals surface area contributed by atoms with Crippen molar-refractivity contribution in [3.05, 3.63) is 41.2 Å². The summed E-state index contributed by atoms with van der Waals surface area (Å²) in [6.45, 7) is 9.41. The molecule has 2 nitrogen and oxygen atoms in total. The number of halogens is 1. The van der Waals surface area contributed by atoms with Gasteiger partial charge < -0.3 is 10.1 Å². The molecular weight excluding hydrogens is 253 g/mol. The lowest BCUT2D eigenvalue weighted by molar-refractivity contribution is 0.384. The van der Waals surface area contributed by atoms with Crippen LogP contribution in [0.5, 0.6) is 5.75 Å². The molecule has 0 aromatic heterocycles. The van der Waals surface area contributed by atoms with Gasteiger partial charge in [-0.05, 0) is 58.7 Å². The maximum absolute atomic E-state index is 14.0. The fourth-order valence-electron chi connectivity index (χ4n) is 1.99. The maximum atomic E-state index is 14.0. The number of rotatable bonds is 6. The van der Waals surface area contributed by atoms with E-state index >= 15 is 0 Å². The summed E-state index contributed by atoms with van der Waals surface area (Å²) < 4.78 is 19.0. The van der Waals surface area contributed by atoms with Gasteiger partial charge in [-0.25, -0.2) is 4.39 Å². The average molecular weight is 279 g/mol. The lowest BCUT2D eigenvalue weighted by Gasteiger charge is -2.19. The zero-order valence-corrected chi connectivity index (χ0v) is 13.2.